The van der Waals surface area contributed by atoms with Crippen molar-refractivity contribution in [3.8, 4) is 0 Å². The zero-order chi connectivity index (χ0) is 18.0. The van der Waals surface area contributed by atoms with Crippen molar-refractivity contribution in [2.24, 2.45) is 0 Å². The average Bonchev–Trinajstić information content (AvgIpc) is 3.16. The molecule has 1 heterocycles. The molecule has 3 rings (SSSR count). The maximum atomic E-state index is 11.9. The molecule has 1 saturated carbocycles. The van der Waals surface area contributed by atoms with E-state index in [4.69, 9.17) is 0 Å². The van der Waals surface area contributed by atoms with Gasteiger partial charge >= 0.3 is 0 Å². The van der Waals surface area contributed by atoms with Crippen molar-refractivity contribution in [1.29, 1.82) is 0 Å². The Morgan fingerprint density at radius 2 is 1.80 bits per heavy atom. The van der Waals surface area contributed by atoms with Crippen molar-refractivity contribution in [1.82, 2.24) is 9.62 Å². The number of benzene rings is 1. The van der Waals surface area contributed by atoms with E-state index in [-0.39, 0.29) is 10.6 Å². The van der Waals surface area contributed by atoms with Gasteiger partial charge in [0.05, 0.1) is 9.82 Å². The highest BCUT2D eigenvalue weighted by atomic mass is 32.2. The van der Waals surface area contributed by atoms with Gasteiger partial charge in [-0.3, -0.25) is 15.0 Å². The minimum Gasteiger partial charge on any atom is -0.363 e. The van der Waals surface area contributed by atoms with Gasteiger partial charge in [0, 0.05) is 38.3 Å². The van der Waals surface area contributed by atoms with Gasteiger partial charge < -0.3 is 4.90 Å². The Balaban J connectivity index is 1.79. The SMILES string of the molecule is CNS(=O)(=O)c1ccc(N2CCN(C3CCCC3)CC2)c([N+](=O)[O-])c1. The molecule has 8 nitrogen and oxygen atoms in total. The number of sulfonamides is 1. The lowest BCUT2D eigenvalue weighted by Crippen LogP contribution is -2.49. The number of nitrogens with one attached hydrogen (secondary N) is 1. The minimum absolute atomic E-state index is 0.0879. The predicted molar refractivity (Wildman–Crippen MR) is 95.4 cm³/mol. The summed E-state index contributed by atoms with van der Waals surface area (Å²) in [5.41, 5.74) is 0.330. The summed E-state index contributed by atoms with van der Waals surface area (Å²) in [6, 6.07) is 4.77. The van der Waals surface area contributed by atoms with Gasteiger partial charge in [-0.05, 0) is 32.0 Å². The fourth-order valence-corrected chi connectivity index (χ4v) is 4.55. The van der Waals surface area contributed by atoms with Crippen LogP contribution in [0.4, 0.5) is 11.4 Å². The fraction of sp³-hybridized carbons (Fsp3) is 0.625. The fourth-order valence-electron chi connectivity index (χ4n) is 3.80. The first-order chi connectivity index (χ1) is 11.9. The summed E-state index contributed by atoms with van der Waals surface area (Å²) < 4.78 is 26.0. The van der Waals surface area contributed by atoms with Gasteiger partial charge in [-0.2, -0.15) is 0 Å². The molecule has 2 fully saturated rings. The molecule has 1 N–H and O–H groups in total. The van der Waals surface area contributed by atoms with Crippen molar-refractivity contribution in [3.05, 3.63) is 28.3 Å². The normalized spacial score (nSPS) is 20.1. The van der Waals surface area contributed by atoms with Crippen LogP contribution in [0, 0.1) is 10.1 Å². The van der Waals surface area contributed by atoms with Crippen molar-refractivity contribution in [3.63, 3.8) is 0 Å². The first-order valence-electron chi connectivity index (χ1n) is 8.63. The van der Waals surface area contributed by atoms with Crippen molar-refractivity contribution in [2.75, 3.05) is 38.1 Å². The van der Waals surface area contributed by atoms with E-state index in [0.717, 1.165) is 32.2 Å². The molecule has 0 spiro atoms. The summed E-state index contributed by atoms with van der Waals surface area (Å²) in [4.78, 5) is 15.3. The average molecular weight is 368 g/mol. The van der Waals surface area contributed by atoms with Crippen LogP contribution in [0.2, 0.25) is 0 Å². The Kier molecular flexibility index (Phi) is 5.26. The molecule has 1 saturated heterocycles. The third-order valence-electron chi connectivity index (χ3n) is 5.22. The highest BCUT2D eigenvalue weighted by Gasteiger charge is 2.29. The number of piperazine rings is 1. The van der Waals surface area contributed by atoms with E-state index < -0.39 is 14.9 Å². The van der Waals surface area contributed by atoms with E-state index in [1.807, 2.05) is 4.90 Å². The first kappa shape index (κ1) is 18.1. The van der Waals surface area contributed by atoms with Gasteiger partial charge in [0.25, 0.3) is 5.69 Å². The molecule has 1 aliphatic carbocycles. The van der Waals surface area contributed by atoms with Crippen LogP contribution in [-0.2, 0) is 10.0 Å². The lowest BCUT2D eigenvalue weighted by Gasteiger charge is -2.38. The van der Waals surface area contributed by atoms with Crippen LogP contribution in [0.25, 0.3) is 0 Å². The third kappa shape index (κ3) is 3.78. The van der Waals surface area contributed by atoms with Gasteiger partial charge in [0.1, 0.15) is 5.69 Å². The third-order valence-corrected chi connectivity index (χ3v) is 6.63. The summed E-state index contributed by atoms with van der Waals surface area (Å²) >= 11 is 0. The number of hydrogen-bond donors (Lipinski definition) is 1. The van der Waals surface area contributed by atoms with E-state index in [0.29, 0.717) is 11.7 Å². The maximum absolute atomic E-state index is 11.9. The summed E-state index contributed by atoms with van der Waals surface area (Å²) in [7, 11) is -2.41. The maximum Gasteiger partial charge on any atom is 0.293 e. The summed E-state index contributed by atoms with van der Waals surface area (Å²) in [6.45, 7) is 3.21. The predicted octanol–water partition coefficient (Wildman–Crippen LogP) is 1.57. The van der Waals surface area contributed by atoms with Gasteiger partial charge in [0.15, 0.2) is 0 Å². The summed E-state index contributed by atoms with van der Waals surface area (Å²) in [5.74, 6) is 0. The Labute approximate surface area is 148 Å². The molecule has 1 aromatic rings. The molecule has 1 aliphatic heterocycles. The molecular formula is C16H24N4O4S. The summed E-state index contributed by atoms with van der Waals surface area (Å²) in [6.07, 6.45) is 5.07. The van der Waals surface area contributed by atoms with Crippen LogP contribution in [0.1, 0.15) is 25.7 Å². The first-order valence-corrected chi connectivity index (χ1v) is 10.1. The molecule has 0 atom stereocenters. The zero-order valence-electron chi connectivity index (χ0n) is 14.3. The van der Waals surface area contributed by atoms with Gasteiger partial charge in [-0.25, -0.2) is 13.1 Å². The number of nitro groups is 1. The highest BCUT2D eigenvalue weighted by molar-refractivity contribution is 7.89. The molecule has 138 valence electrons. The van der Waals surface area contributed by atoms with Crippen LogP contribution in [0.5, 0.6) is 0 Å². The number of hydrogen-bond acceptors (Lipinski definition) is 6. The Morgan fingerprint density at radius 1 is 1.16 bits per heavy atom. The second kappa shape index (κ2) is 7.27. The number of rotatable bonds is 5. The number of anilines is 1. The van der Waals surface area contributed by atoms with Crippen molar-refractivity contribution >= 4 is 21.4 Å². The van der Waals surface area contributed by atoms with E-state index in [1.165, 1.54) is 38.8 Å². The molecule has 0 bridgehead atoms. The minimum atomic E-state index is -3.70. The molecule has 1 aromatic carbocycles. The topological polar surface area (TPSA) is 95.8 Å². The quantitative estimate of drug-likeness (QED) is 0.626. The Hall–Kier alpha value is -1.71. The van der Waals surface area contributed by atoms with Crippen LogP contribution < -0.4 is 9.62 Å². The van der Waals surface area contributed by atoms with Crippen LogP contribution in [0.15, 0.2) is 23.1 Å². The van der Waals surface area contributed by atoms with E-state index in [2.05, 4.69) is 9.62 Å². The molecule has 0 unspecified atom stereocenters. The zero-order valence-corrected chi connectivity index (χ0v) is 15.2. The largest absolute Gasteiger partial charge is 0.363 e. The van der Waals surface area contributed by atoms with Crippen molar-refractivity contribution in [2.45, 2.75) is 36.6 Å². The van der Waals surface area contributed by atoms with Gasteiger partial charge in [-0.15, -0.1) is 0 Å². The standard InChI is InChI=1S/C16H24N4O4S/c1-17-25(23,24)14-6-7-15(16(12-14)20(21)22)19-10-8-18(9-11-19)13-4-2-3-5-13/h6-7,12-13,17H,2-5,8-11H2,1H3. The highest BCUT2D eigenvalue weighted by Crippen LogP contribution is 2.32. The number of nitro benzene ring substituents is 1. The second-order valence-electron chi connectivity index (χ2n) is 6.58. The number of nitrogens with zero attached hydrogens (tertiary/aromatic N) is 3. The van der Waals surface area contributed by atoms with Crippen molar-refractivity contribution < 1.29 is 13.3 Å². The van der Waals surface area contributed by atoms with E-state index in [1.54, 1.807) is 6.07 Å². The lowest BCUT2D eigenvalue weighted by molar-refractivity contribution is -0.384. The molecule has 25 heavy (non-hydrogen) atoms. The molecular weight excluding hydrogens is 344 g/mol. The lowest BCUT2D eigenvalue weighted by atomic mass is 10.1. The molecule has 2 aliphatic rings. The second-order valence-corrected chi connectivity index (χ2v) is 8.46. The van der Waals surface area contributed by atoms with Crippen LogP contribution in [-0.4, -0.2) is 57.5 Å². The van der Waals surface area contributed by atoms with Gasteiger partial charge in [-0.1, -0.05) is 12.8 Å². The smallest absolute Gasteiger partial charge is 0.293 e. The molecule has 0 amide bonds. The van der Waals surface area contributed by atoms with Gasteiger partial charge in [0.2, 0.25) is 10.0 Å². The Morgan fingerprint density at radius 3 is 2.36 bits per heavy atom. The van der Waals surface area contributed by atoms with E-state index in [9.17, 15) is 18.5 Å². The summed E-state index contributed by atoms with van der Waals surface area (Å²) in [5, 5.41) is 11.5. The molecule has 0 radical (unpaired) electrons. The monoisotopic (exact) mass is 368 g/mol. The molecule has 0 aromatic heterocycles. The Bertz CT molecular complexity index is 739. The van der Waals surface area contributed by atoms with Crippen LogP contribution in [0.3, 0.4) is 0 Å². The van der Waals surface area contributed by atoms with Crippen LogP contribution >= 0.6 is 0 Å². The molecule has 9 heteroatoms. The van der Waals surface area contributed by atoms with E-state index >= 15 is 0 Å².